The van der Waals surface area contributed by atoms with Crippen LogP contribution >= 0.6 is 0 Å². The van der Waals surface area contributed by atoms with Crippen molar-refractivity contribution in [1.29, 1.82) is 0 Å². The number of benzene rings is 1. The summed E-state index contributed by atoms with van der Waals surface area (Å²) in [4.78, 5) is 0. The average molecular weight is 261 g/mol. The summed E-state index contributed by atoms with van der Waals surface area (Å²) in [6, 6.07) is 7.96. The molecule has 2 aromatic rings. The highest BCUT2D eigenvalue weighted by atomic mass is 16.5. The van der Waals surface area contributed by atoms with Gasteiger partial charge in [-0.05, 0) is 24.7 Å². The summed E-state index contributed by atoms with van der Waals surface area (Å²) in [5.41, 5.74) is 2.09. The molecule has 0 bridgehead atoms. The van der Waals surface area contributed by atoms with Crippen LogP contribution in [0.1, 0.15) is 17.3 Å². The minimum absolute atomic E-state index is 0.00227. The normalized spacial score (nSPS) is 12.2. The zero-order valence-corrected chi connectivity index (χ0v) is 11.7. The van der Waals surface area contributed by atoms with Crippen LogP contribution in [0.4, 0.5) is 0 Å². The molecule has 5 heteroatoms. The van der Waals surface area contributed by atoms with E-state index in [9.17, 15) is 0 Å². The lowest BCUT2D eigenvalue weighted by molar-refractivity contribution is 0.401. The Morgan fingerprint density at radius 1 is 1.26 bits per heavy atom. The van der Waals surface area contributed by atoms with Gasteiger partial charge in [-0.25, -0.2) is 0 Å². The second-order valence-corrected chi connectivity index (χ2v) is 4.22. The third-order valence-electron chi connectivity index (χ3n) is 3.16. The van der Waals surface area contributed by atoms with Crippen LogP contribution in [0.15, 0.2) is 30.5 Å². The molecule has 19 heavy (non-hydrogen) atoms. The molecule has 1 atom stereocenters. The van der Waals surface area contributed by atoms with E-state index in [1.807, 2.05) is 37.0 Å². The molecular formula is C14H19N3O2. The summed E-state index contributed by atoms with van der Waals surface area (Å²) < 4.78 is 12.5. The molecule has 5 nitrogen and oxygen atoms in total. The number of methoxy groups -OCH3 is 2. The molecule has 0 fully saturated rings. The van der Waals surface area contributed by atoms with E-state index in [1.165, 1.54) is 0 Å². The van der Waals surface area contributed by atoms with Crippen LogP contribution in [-0.4, -0.2) is 31.0 Å². The van der Waals surface area contributed by atoms with Crippen molar-refractivity contribution in [3.8, 4) is 11.5 Å². The first kappa shape index (κ1) is 13.4. The topological polar surface area (TPSA) is 48.3 Å². The van der Waals surface area contributed by atoms with Crippen LogP contribution < -0.4 is 14.8 Å². The predicted octanol–water partition coefficient (Wildman–Crippen LogP) is 1.75. The van der Waals surface area contributed by atoms with Crippen molar-refractivity contribution in [2.45, 2.75) is 6.04 Å². The summed E-state index contributed by atoms with van der Waals surface area (Å²) in [6.07, 6.45) is 1.72. The van der Waals surface area contributed by atoms with Crippen LogP contribution in [0, 0.1) is 0 Å². The van der Waals surface area contributed by atoms with Crippen molar-refractivity contribution in [2.24, 2.45) is 7.05 Å². The molecule has 0 saturated heterocycles. The Balaban J connectivity index is 2.46. The van der Waals surface area contributed by atoms with Crippen LogP contribution in [0.5, 0.6) is 11.5 Å². The second-order valence-electron chi connectivity index (χ2n) is 4.22. The molecule has 1 heterocycles. The quantitative estimate of drug-likeness (QED) is 0.890. The van der Waals surface area contributed by atoms with Crippen LogP contribution in [0.25, 0.3) is 0 Å². The monoisotopic (exact) mass is 261 g/mol. The Morgan fingerprint density at radius 3 is 2.68 bits per heavy atom. The molecule has 1 unspecified atom stereocenters. The highest BCUT2D eigenvalue weighted by molar-refractivity contribution is 5.39. The number of hydrogen-bond donors (Lipinski definition) is 1. The molecule has 0 radical (unpaired) electrons. The molecule has 1 aromatic heterocycles. The van der Waals surface area contributed by atoms with Crippen molar-refractivity contribution < 1.29 is 9.47 Å². The Kier molecular flexibility index (Phi) is 4.06. The molecular weight excluding hydrogens is 242 g/mol. The average Bonchev–Trinajstić information content (AvgIpc) is 2.82. The molecule has 1 N–H and O–H groups in total. The largest absolute Gasteiger partial charge is 0.497 e. The lowest BCUT2D eigenvalue weighted by Gasteiger charge is -2.19. The van der Waals surface area contributed by atoms with E-state index < -0.39 is 0 Å². The fourth-order valence-corrected chi connectivity index (χ4v) is 2.20. The third kappa shape index (κ3) is 2.56. The van der Waals surface area contributed by atoms with Crippen LogP contribution in [0.3, 0.4) is 0 Å². The van der Waals surface area contributed by atoms with Crippen molar-refractivity contribution in [2.75, 3.05) is 21.3 Å². The Hall–Kier alpha value is -2.01. The lowest BCUT2D eigenvalue weighted by atomic mass is 10.0. The first-order valence-electron chi connectivity index (χ1n) is 6.08. The van der Waals surface area contributed by atoms with E-state index in [0.717, 1.165) is 22.8 Å². The van der Waals surface area contributed by atoms with Crippen molar-refractivity contribution in [3.63, 3.8) is 0 Å². The van der Waals surface area contributed by atoms with Gasteiger partial charge in [0.15, 0.2) is 5.75 Å². The van der Waals surface area contributed by atoms with E-state index in [-0.39, 0.29) is 6.04 Å². The molecule has 0 aliphatic carbocycles. The van der Waals surface area contributed by atoms with E-state index >= 15 is 0 Å². The summed E-state index contributed by atoms with van der Waals surface area (Å²) in [5.74, 6) is 1.60. The Bertz CT molecular complexity index is 551. The smallest absolute Gasteiger partial charge is 0.161 e. The standard InChI is InChI=1S/C14H19N3O2/c1-15-13(10-6-5-7-11(8-10)18-3)14-12(19-4)9-16-17(14)2/h5-9,13,15H,1-4H3. The number of aryl methyl sites for hydroxylation is 1. The maximum Gasteiger partial charge on any atom is 0.161 e. The number of nitrogens with zero attached hydrogens (tertiary/aromatic N) is 2. The SMILES string of the molecule is CNC(c1cccc(OC)c1)c1c(OC)cnn1C. The fourth-order valence-electron chi connectivity index (χ4n) is 2.20. The highest BCUT2D eigenvalue weighted by Crippen LogP contribution is 2.30. The molecule has 0 aliphatic heterocycles. The molecule has 0 amide bonds. The third-order valence-corrected chi connectivity index (χ3v) is 3.16. The van der Waals surface area contributed by atoms with Gasteiger partial charge < -0.3 is 14.8 Å². The van der Waals surface area contributed by atoms with Gasteiger partial charge in [-0.3, -0.25) is 4.68 Å². The first-order valence-corrected chi connectivity index (χ1v) is 6.08. The van der Waals surface area contributed by atoms with Gasteiger partial charge in [0.2, 0.25) is 0 Å². The number of nitrogens with one attached hydrogen (secondary N) is 1. The first-order chi connectivity index (χ1) is 9.21. The molecule has 0 saturated carbocycles. The summed E-state index contributed by atoms with van der Waals surface area (Å²) in [5, 5.41) is 7.54. The molecule has 0 aliphatic rings. The van der Waals surface area contributed by atoms with Crippen LogP contribution in [-0.2, 0) is 7.05 Å². The maximum atomic E-state index is 5.37. The van der Waals surface area contributed by atoms with E-state index in [0.29, 0.717) is 0 Å². The summed E-state index contributed by atoms with van der Waals surface area (Å²) >= 11 is 0. The summed E-state index contributed by atoms with van der Waals surface area (Å²) in [7, 11) is 7.13. The summed E-state index contributed by atoms with van der Waals surface area (Å²) in [6.45, 7) is 0. The predicted molar refractivity (Wildman–Crippen MR) is 73.7 cm³/mol. The van der Waals surface area contributed by atoms with Gasteiger partial charge >= 0.3 is 0 Å². The minimum Gasteiger partial charge on any atom is -0.497 e. The molecule has 1 aromatic carbocycles. The van der Waals surface area contributed by atoms with Gasteiger partial charge in [0.1, 0.15) is 11.4 Å². The second kappa shape index (κ2) is 5.75. The lowest BCUT2D eigenvalue weighted by Crippen LogP contribution is -2.21. The van der Waals surface area contributed by atoms with Gasteiger partial charge in [0.05, 0.1) is 26.5 Å². The minimum atomic E-state index is -0.00227. The number of hydrogen-bond acceptors (Lipinski definition) is 4. The van der Waals surface area contributed by atoms with Gasteiger partial charge in [-0.15, -0.1) is 0 Å². The Morgan fingerprint density at radius 2 is 2.05 bits per heavy atom. The number of aromatic nitrogens is 2. The van der Waals surface area contributed by atoms with E-state index in [2.05, 4.69) is 16.5 Å². The highest BCUT2D eigenvalue weighted by Gasteiger charge is 2.21. The number of rotatable bonds is 5. The Labute approximate surface area is 113 Å². The van der Waals surface area contributed by atoms with Crippen LogP contribution in [0.2, 0.25) is 0 Å². The zero-order chi connectivity index (χ0) is 13.8. The van der Waals surface area contributed by atoms with Crippen molar-refractivity contribution >= 4 is 0 Å². The zero-order valence-electron chi connectivity index (χ0n) is 11.7. The molecule has 2 rings (SSSR count). The molecule has 102 valence electrons. The van der Waals surface area contributed by atoms with E-state index in [1.54, 1.807) is 20.4 Å². The van der Waals surface area contributed by atoms with Gasteiger partial charge in [0, 0.05) is 7.05 Å². The van der Waals surface area contributed by atoms with Gasteiger partial charge in [-0.1, -0.05) is 12.1 Å². The maximum absolute atomic E-state index is 5.37. The fraction of sp³-hybridized carbons (Fsp3) is 0.357. The van der Waals surface area contributed by atoms with Gasteiger partial charge in [-0.2, -0.15) is 5.10 Å². The number of ether oxygens (including phenoxy) is 2. The van der Waals surface area contributed by atoms with Crippen molar-refractivity contribution in [3.05, 3.63) is 41.7 Å². The van der Waals surface area contributed by atoms with Gasteiger partial charge in [0.25, 0.3) is 0 Å². The molecule has 0 spiro atoms. The van der Waals surface area contributed by atoms with E-state index in [4.69, 9.17) is 9.47 Å². The van der Waals surface area contributed by atoms with Crippen molar-refractivity contribution in [1.82, 2.24) is 15.1 Å².